The van der Waals surface area contributed by atoms with Crippen LogP contribution in [0.2, 0.25) is 0 Å². The van der Waals surface area contributed by atoms with Crippen LogP contribution in [0, 0.1) is 20.8 Å². The second-order valence-electron chi connectivity index (χ2n) is 40.1. The van der Waals surface area contributed by atoms with Crippen molar-refractivity contribution in [1.82, 2.24) is 0 Å². The first-order valence-electron chi connectivity index (χ1n) is 40.9. The van der Waals surface area contributed by atoms with Crippen molar-refractivity contribution in [3.05, 3.63) is 204 Å². The molecule has 0 aromatic heterocycles. The predicted octanol–water partition coefficient (Wildman–Crippen LogP) is 25.3. The number of carbonyl (C=O) groups is 2. The summed E-state index contributed by atoms with van der Waals surface area (Å²) in [6, 6.07) is 34.2. The predicted molar refractivity (Wildman–Crippen MR) is 462 cm³/mol. The molecule has 0 aliphatic rings. The van der Waals surface area contributed by atoms with Gasteiger partial charge in [0.05, 0.1) is 12.8 Å². The van der Waals surface area contributed by atoms with Gasteiger partial charge in [0.2, 0.25) is 0 Å². The molecule has 12 heteroatoms. The van der Waals surface area contributed by atoms with E-state index >= 15 is 9.59 Å². The molecule has 7 rings (SSSR count). The van der Waals surface area contributed by atoms with E-state index in [-0.39, 0.29) is 59.5 Å². The van der Waals surface area contributed by atoms with Crippen LogP contribution in [0.3, 0.4) is 0 Å². The molecule has 2 unspecified atom stereocenters. The van der Waals surface area contributed by atoms with Gasteiger partial charge >= 0.3 is 11.9 Å². The molecule has 0 bridgehead atoms. The van der Waals surface area contributed by atoms with E-state index in [4.69, 9.17) is 9.47 Å². The number of thioether (sulfide) groups is 1. The third kappa shape index (κ3) is 22.3. The molecule has 11 nitrogen and oxygen atoms in total. The van der Waals surface area contributed by atoms with Crippen LogP contribution in [0.25, 0.3) is 0 Å². The zero-order valence-electron chi connectivity index (χ0n) is 73.0. The van der Waals surface area contributed by atoms with Gasteiger partial charge in [-0.15, -0.1) is 0 Å². The van der Waals surface area contributed by atoms with Gasteiger partial charge in [0.1, 0.15) is 53.0 Å². The van der Waals surface area contributed by atoms with E-state index in [1.54, 1.807) is 24.3 Å². The summed E-state index contributed by atoms with van der Waals surface area (Å²) in [7, 11) is 0. The van der Waals surface area contributed by atoms with Crippen LogP contribution in [-0.4, -0.2) is 66.1 Å². The average Bonchev–Trinajstić information content (AvgIpc) is 0.757. The summed E-state index contributed by atoms with van der Waals surface area (Å²) in [6.45, 7) is 55.3. The Morgan fingerprint density at radius 1 is 0.342 bits per heavy atom. The van der Waals surface area contributed by atoms with Crippen molar-refractivity contribution in [1.29, 1.82) is 0 Å². The number of phenolic OH excluding ortho intramolecular Hbond substituents is 7. The Morgan fingerprint density at radius 2 is 0.640 bits per heavy atom. The fourth-order valence-corrected chi connectivity index (χ4v) is 18.1. The van der Waals surface area contributed by atoms with Crippen LogP contribution in [0.5, 0.6) is 40.2 Å². The number of unbranched alkanes of at least 4 members (excludes halogenated alkanes) is 9. The van der Waals surface area contributed by atoms with Gasteiger partial charge in [-0.3, -0.25) is 9.59 Å². The molecule has 608 valence electrons. The molecule has 2 atom stereocenters. The second kappa shape index (κ2) is 35.0. The summed E-state index contributed by atoms with van der Waals surface area (Å²) < 4.78 is 13.2. The molecule has 0 radical (unpaired) electrons. The van der Waals surface area contributed by atoms with Crippen molar-refractivity contribution in [2.75, 3.05) is 12.4 Å². The number of hydrogen-bond acceptors (Lipinski definition) is 12. The van der Waals surface area contributed by atoms with Crippen molar-refractivity contribution in [2.24, 2.45) is 0 Å². The van der Waals surface area contributed by atoms with Gasteiger partial charge in [-0.05, 0) is 220 Å². The minimum Gasteiger partial charge on any atom is -0.508 e. The highest BCUT2D eigenvalue weighted by atomic mass is 32.2. The molecular formula is C99H140O11S. The van der Waals surface area contributed by atoms with Crippen LogP contribution >= 0.6 is 11.8 Å². The van der Waals surface area contributed by atoms with E-state index in [0.717, 1.165) is 98.0 Å². The molecule has 0 aliphatic carbocycles. The van der Waals surface area contributed by atoms with Crippen LogP contribution in [-0.2, 0) is 72.5 Å². The van der Waals surface area contributed by atoms with Crippen molar-refractivity contribution in [3.63, 3.8) is 0 Å². The van der Waals surface area contributed by atoms with Crippen LogP contribution in [0.4, 0.5) is 0 Å². The van der Waals surface area contributed by atoms with E-state index in [0.29, 0.717) is 34.4 Å². The normalized spacial score (nSPS) is 13.9. The molecule has 111 heavy (non-hydrogen) atoms. The quantitative estimate of drug-likeness (QED) is 0.0167. The smallest absolute Gasteiger partial charge is 0.307 e. The van der Waals surface area contributed by atoms with Crippen molar-refractivity contribution in [2.45, 2.75) is 342 Å². The molecule has 7 N–H and O–H groups in total. The number of benzene rings is 7. The SMILES string of the molecule is CCCCCCCCCCCCSC(CC(COC(=O)CC(C)(c1ccc(O)c(C(C)(C)C)c1)c1ccc(O)c(C(C)(C)C)c1)OC(=O)CC(C)(c1ccc(O)c(C(C)(C)C)c1)c1ccc(O)c(C(C)(C)C)c1)(CC(c1cc(C(C)(C)C)c(O)cc1C)c1cc(C(C)(C)C)c(O)cc1C)c1cc(C(C)(C)C)c(O)cc1C. The Kier molecular flexibility index (Phi) is 28.6. The van der Waals surface area contributed by atoms with Crippen LogP contribution in [0.1, 0.15) is 357 Å². The van der Waals surface area contributed by atoms with Crippen molar-refractivity contribution < 1.29 is 54.8 Å². The highest BCUT2D eigenvalue weighted by molar-refractivity contribution is 8.00. The molecule has 7 aromatic rings. The van der Waals surface area contributed by atoms with Gasteiger partial charge < -0.3 is 45.2 Å². The first kappa shape index (κ1) is 90.6. The molecule has 0 saturated carbocycles. The summed E-state index contributed by atoms with van der Waals surface area (Å²) in [5, 5.41) is 82.7. The van der Waals surface area contributed by atoms with Gasteiger partial charge in [-0.25, -0.2) is 0 Å². The van der Waals surface area contributed by atoms with E-state index in [1.165, 1.54) is 38.5 Å². The summed E-state index contributed by atoms with van der Waals surface area (Å²) in [4.78, 5) is 32.5. The average molecular weight is 1540 g/mol. The maximum atomic E-state index is 16.5. The molecule has 0 fully saturated rings. The Labute approximate surface area is 673 Å². The Bertz CT molecular complexity index is 4190. The zero-order valence-corrected chi connectivity index (χ0v) is 73.8. The van der Waals surface area contributed by atoms with Gasteiger partial charge in [-0.2, -0.15) is 11.8 Å². The van der Waals surface area contributed by atoms with Crippen LogP contribution in [0.15, 0.2) is 109 Å². The van der Waals surface area contributed by atoms with E-state index in [1.807, 2.05) is 196 Å². The molecular weight excluding hydrogens is 1400 g/mol. The monoisotopic (exact) mass is 1540 g/mol. The van der Waals surface area contributed by atoms with Gasteiger partial charge in [0, 0.05) is 27.9 Å². The number of ether oxygens (including phenoxy) is 2. The minimum absolute atomic E-state index is 0.0845. The molecule has 0 aliphatic heterocycles. The lowest BCUT2D eigenvalue weighted by Crippen LogP contribution is -2.38. The number of aryl methyl sites for hydroxylation is 3. The topological polar surface area (TPSA) is 194 Å². The first-order chi connectivity index (χ1) is 51.1. The number of aromatic hydroxyl groups is 7. The van der Waals surface area contributed by atoms with E-state index in [9.17, 15) is 35.7 Å². The third-order valence-corrected chi connectivity index (χ3v) is 24.8. The highest BCUT2D eigenvalue weighted by Gasteiger charge is 2.46. The summed E-state index contributed by atoms with van der Waals surface area (Å²) in [6.07, 6.45) is 10.2. The number of carbonyl (C=O) groups excluding carboxylic acids is 2. The fraction of sp³-hybridized carbons (Fsp3) is 0.556. The molecule has 0 heterocycles. The summed E-state index contributed by atoms with van der Waals surface area (Å²) in [5.41, 5.74) is 7.46. The number of phenols is 7. The van der Waals surface area contributed by atoms with Crippen LogP contribution < -0.4 is 0 Å². The molecule has 0 spiro atoms. The van der Waals surface area contributed by atoms with E-state index < -0.39 is 84.0 Å². The van der Waals surface area contributed by atoms with Gasteiger partial charge in [0.25, 0.3) is 0 Å². The molecule has 0 saturated heterocycles. The second-order valence-corrected chi connectivity index (χ2v) is 41.6. The van der Waals surface area contributed by atoms with Crippen molar-refractivity contribution >= 4 is 23.7 Å². The number of hydrogen-bond donors (Lipinski definition) is 7. The Balaban J connectivity index is 1.58. The number of rotatable bonds is 30. The molecule has 7 aromatic carbocycles. The van der Waals surface area contributed by atoms with Gasteiger partial charge in [-0.1, -0.05) is 285 Å². The first-order valence-corrected chi connectivity index (χ1v) is 41.9. The van der Waals surface area contributed by atoms with E-state index in [2.05, 4.69) is 87.4 Å². The minimum atomic E-state index is -1.18. The van der Waals surface area contributed by atoms with Gasteiger partial charge in [0.15, 0.2) is 0 Å². The highest BCUT2D eigenvalue weighted by Crippen LogP contribution is 2.56. The fourth-order valence-electron chi connectivity index (χ4n) is 16.4. The lowest BCUT2D eigenvalue weighted by Gasteiger charge is -2.42. The standard InChI is InChI=1S/C99H140O11S/c1-28-29-30-31-32-33-34-35-36-37-46-111-99(73-56-80(96(23,24)25)87(106)49-64(73)4,58-72(70-54-78(94(17,18)19)85(104)47-62(70)2)71-55-79(95(20,21)22)86(105)48-63(71)3)57-69(110-89(108)60-98(27,67-40-44-83(102)76(52-67)92(11,12)13)68-41-45-84(103)77(53-68)93(14,15)16)61-109-88(107)59-97(26,65-38-42-81(100)74(50-65)90(5,6)7)66-39-43-82(101)75(51-66)91(8,9)10/h38-45,47-56,69,72,100-106H,28-37,46,57-61H2,1-27H3. The Hall–Kier alpha value is -7.57. The number of esters is 2. The van der Waals surface area contributed by atoms with Crippen molar-refractivity contribution in [3.8, 4) is 40.2 Å². The maximum absolute atomic E-state index is 16.5. The lowest BCUT2D eigenvalue weighted by atomic mass is 9.70. The third-order valence-electron chi connectivity index (χ3n) is 23.2. The summed E-state index contributed by atoms with van der Waals surface area (Å²) >= 11 is 1.81. The largest absolute Gasteiger partial charge is 0.508 e. The summed E-state index contributed by atoms with van der Waals surface area (Å²) in [5.74, 6) is 0.0351. The maximum Gasteiger partial charge on any atom is 0.307 e. The Morgan fingerprint density at radius 3 is 0.973 bits per heavy atom. The zero-order chi connectivity index (χ0) is 83.3. The molecule has 0 amide bonds. The lowest BCUT2D eigenvalue weighted by molar-refractivity contribution is -0.161.